The first kappa shape index (κ1) is 19.9. The molecular weight excluding hydrogens is 388 g/mol. The number of aromatic nitrogens is 2. The molecule has 2 fully saturated rings. The quantitative estimate of drug-likeness (QED) is 0.683. The predicted molar refractivity (Wildman–Crippen MR) is 121 cm³/mol. The van der Waals surface area contributed by atoms with E-state index in [2.05, 4.69) is 33.5 Å². The van der Waals surface area contributed by atoms with Gasteiger partial charge in [-0.05, 0) is 55.5 Å². The van der Waals surface area contributed by atoms with Crippen LogP contribution in [0.2, 0.25) is 0 Å². The zero-order valence-electron chi connectivity index (χ0n) is 17.7. The zero-order chi connectivity index (χ0) is 21.0. The summed E-state index contributed by atoms with van der Waals surface area (Å²) in [5.41, 5.74) is 2.95. The number of fused-ring (bicyclic) bond motifs is 1. The molecule has 1 N–H and O–H groups in total. The van der Waals surface area contributed by atoms with Gasteiger partial charge in [0.15, 0.2) is 0 Å². The van der Waals surface area contributed by atoms with E-state index < -0.39 is 0 Å². The lowest BCUT2D eigenvalue weighted by Crippen LogP contribution is -2.37. The van der Waals surface area contributed by atoms with Crippen LogP contribution in [0, 0.1) is 5.92 Å². The van der Waals surface area contributed by atoms with Gasteiger partial charge in [0.2, 0.25) is 0 Å². The summed E-state index contributed by atoms with van der Waals surface area (Å²) in [7, 11) is 0. The highest BCUT2D eigenvalue weighted by Crippen LogP contribution is 2.27. The summed E-state index contributed by atoms with van der Waals surface area (Å²) in [6, 6.07) is 14.2. The second-order valence-corrected chi connectivity index (χ2v) is 8.49. The third-order valence-corrected chi connectivity index (χ3v) is 6.42. The number of nitrogens with one attached hydrogen (secondary N) is 1. The molecule has 1 amide bonds. The van der Waals surface area contributed by atoms with Gasteiger partial charge in [0.1, 0.15) is 5.82 Å². The predicted octanol–water partition coefficient (Wildman–Crippen LogP) is 3.93. The van der Waals surface area contributed by atoms with Crippen LogP contribution in [0.3, 0.4) is 0 Å². The van der Waals surface area contributed by atoms with Gasteiger partial charge in [0.25, 0.3) is 5.91 Å². The Bertz CT molecular complexity index is 1060. The van der Waals surface area contributed by atoms with Gasteiger partial charge in [0.05, 0.1) is 30.3 Å². The van der Waals surface area contributed by atoms with Gasteiger partial charge >= 0.3 is 0 Å². The Labute approximate surface area is 182 Å². The summed E-state index contributed by atoms with van der Waals surface area (Å²) in [5, 5.41) is 4.74. The van der Waals surface area contributed by atoms with Crippen LogP contribution in [0.5, 0.6) is 0 Å². The molecule has 160 valence electrons. The number of para-hydroxylation sites is 1. The van der Waals surface area contributed by atoms with E-state index in [0.29, 0.717) is 30.5 Å². The molecule has 0 spiro atoms. The molecule has 0 bridgehead atoms. The Morgan fingerprint density at radius 2 is 1.87 bits per heavy atom. The molecule has 2 aliphatic heterocycles. The molecule has 2 aromatic heterocycles. The van der Waals surface area contributed by atoms with Crippen molar-refractivity contribution >= 4 is 22.6 Å². The molecule has 2 atom stereocenters. The first-order valence-electron chi connectivity index (χ1n) is 11.2. The number of benzene rings is 1. The highest BCUT2D eigenvalue weighted by molar-refractivity contribution is 5.98. The fourth-order valence-corrected chi connectivity index (χ4v) is 4.71. The van der Waals surface area contributed by atoms with Crippen LogP contribution in [0.15, 0.2) is 54.9 Å². The van der Waals surface area contributed by atoms with E-state index >= 15 is 0 Å². The second kappa shape index (κ2) is 9.02. The SMILES string of the molecule is O=C(c1cccnc1N[C@@H]1COC[C@H]1Cc1ccnc2ccccc12)N1CCCCC1. The topological polar surface area (TPSA) is 67.3 Å². The number of hydrogen-bond acceptors (Lipinski definition) is 5. The highest BCUT2D eigenvalue weighted by Gasteiger charge is 2.31. The fraction of sp³-hybridized carbons (Fsp3) is 0.400. The number of carbonyl (C=O) groups is 1. The van der Waals surface area contributed by atoms with Crippen molar-refractivity contribution in [2.45, 2.75) is 31.7 Å². The van der Waals surface area contributed by atoms with Gasteiger partial charge in [-0.25, -0.2) is 4.98 Å². The Morgan fingerprint density at radius 3 is 2.77 bits per heavy atom. The maximum atomic E-state index is 13.1. The van der Waals surface area contributed by atoms with E-state index in [1.165, 1.54) is 17.4 Å². The van der Waals surface area contributed by atoms with E-state index in [1.807, 2.05) is 35.4 Å². The monoisotopic (exact) mass is 416 g/mol. The van der Waals surface area contributed by atoms with E-state index in [4.69, 9.17) is 4.74 Å². The Hall–Kier alpha value is -2.99. The van der Waals surface area contributed by atoms with E-state index in [9.17, 15) is 4.79 Å². The number of piperidine rings is 1. The normalized spacial score (nSPS) is 21.4. The van der Waals surface area contributed by atoms with Crippen molar-refractivity contribution in [3.63, 3.8) is 0 Å². The molecule has 6 heteroatoms. The second-order valence-electron chi connectivity index (χ2n) is 8.49. The van der Waals surface area contributed by atoms with Crippen LogP contribution in [0.4, 0.5) is 5.82 Å². The molecule has 5 rings (SSSR count). The van der Waals surface area contributed by atoms with Crippen LogP contribution < -0.4 is 5.32 Å². The molecule has 4 heterocycles. The Morgan fingerprint density at radius 1 is 1.00 bits per heavy atom. The van der Waals surface area contributed by atoms with Crippen molar-refractivity contribution in [2.75, 3.05) is 31.6 Å². The lowest BCUT2D eigenvalue weighted by atomic mass is 9.93. The van der Waals surface area contributed by atoms with Crippen molar-refractivity contribution < 1.29 is 9.53 Å². The largest absolute Gasteiger partial charge is 0.379 e. The number of hydrogen-bond donors (Lipinski definition) is 1. The van der Waals surface area contributed by atoms with E-state index in [-0.39, 0.29) is 11.9 Å². The molecule has 1 aromatic carbocycles. The number of carbonyl (C=O) groups excluding carboxylic acids is 1. The number of amides is 1. The summed E-state index contributed by atoms with van der Waals surface area (Å²) in [6.45, 7) is 2.97. The molecule has 31 heavy (non-hydrogen) atoms. The van der Waals surface area contributed by atoms with Crippen LogP contribution in [0.1, 0.15) is 35.2 Å². The number of pyridine rings is 2. The smallest absolute Gasteiger partial charge is 0.257 e. The third kappa shape index (κ3) is 4.26. The maximum Gasteiger partial charge on any atom is 0.257 e. The molecule has 2 saturated heterocycles. The van der Waals surface area contributed by atoms with Gasteiger partial charge in [0, 0.05) is 36.8 Å². The van der Waals surface area contributed by atoms with Crippen molar-refractivity contribution in [1.29, 1.82) is 0 Å². The number of nitrogens with zero attached hydrogens (tertiary/aromatic N) is 3. The van der Waals surface area contributed by atoms with Crippen LogP contribution >= 0.6 is 0 Å². The van der Waals surface area contributed by atoms with Crippen molar-refractivity contribution in [2.24, 2.45) is 5.92 Å². The van der Waals surface area contributed by atoms with E-state index in [1.54, 1.807) is 6.20 Å². The number of anilines is 1. The first-order chi connectivity index (χ1) is 15.3. The lowest BCUT2D eigenvalue weighted by Gasteiger charge is -2.28. The molecule has 0 aliphatic carbocycles. The average molecular weight is 417 g/mol. The third-order valence-electron chi connectivity index (χ3n) is 6.42. The Kier molecular flexibility index (Phi) is 5.80. The van der Waals surface area contributed by atoms with Crippen LogP contribution in [0.25, 0.3) is 10.9 Å². The maximum absolute atomic E-state index is 13.1. The minimum atomic E-state index is 0.0749. The Balaban J connectivity index is 1.35. The molecule has 0 radical (unpaired) electrons. The zero-order valence-corrected chi connectivity index (χ0v) is 17.7. The molecule has 6 nitrogen and oxygen atoms in total. The molecule has 0 unspecified atom stereocenters. The number of rotatable bonds is 5. The van der Waals surface area contributed by atoms with Gasteiger partial charge in [-0.2, -0.15) is 0 Å². The minimum Gasteiger partial charge on any atom is -0.379 e. The number of likely N-dealkylation sites (tertiary alicyclic amines) is 1. The highest BCUT2D eigenvalue weighted by atomic mass is 16.5. The molecule has 2 aliphatic rings. The van der Waals surface area contributed by atoms with Crippen molar-refractivity contribution in [3.8, 4) is 0 Å². The van der Waals surface area contributed by atoms with Crippen LogP contribution in [-0.4, -0.2) is 53.1 Å². The summed E-state index contributed by atoms with van der Waals surface area (Å²) < 4.78 is 5.84. The van der Waals surface area contributed by atoms with Gasteiger partial charge in [-0.15, -0.1) is 0 Å². The fourth-order valence-electron chi connectivity index (χ4n) is 4.71. The number of ether oxygens (including phenoxy) is 1. The minimum absolute atomic E-state index is 0.0749. The average Bonchev–Trinajstić information content (AvgIpc) is 3.26. The van der Waals surface area contributed by atoms with Gasteiger partial charge in [-0.3, -0.25) is 9.78 Å². The molecule has 0 saturated carbocycles. The summed E-state index contributed by atoms with van der Waals surface area (Å²) in [5.74, 6) is 1.04. The summed E-state index contributed by atoms with van der Waals surface area (Å²) in [4.78, 5) is 24.1. The summed E-state index contributed by atoms with van der Waals surface area (Å²) >= 11 is 0. The van der Waals surface area contributed by atoms with Gasteiger partial charge < -0.3 is 15.0 Å². The molecule has 3 aromatic rings. The summed E-state index contributed by atoms with van der Waals surface area (Å²) in [6.07, 6.45) is 7.87. The van der Waals surface area contributed by atoms with Crippen molar-refractivity contribution in [1.82, 2.24) is 14.9 Å². The standard InChI is InChI=1S/C25H28N4O2/c30-25(29-13-4-1-5-14-29)21-8-6-11-27-24(21)28-23-17-31-16-19(23)15-18-10-12-26-22-9-3-2-7-20(18)22/h2-3,6-12,19,23H,1,4-5,13-17H2,(H,27,28)/t19-,23-/m1/s1. The van der Waals surface area contributed by atoms with E-state index in [0.717, 1.165) is 37.9 Å². The molecular formula is C25H28N4O2. The lowest BCUT2D eigenvalue weighted by molar-refractivity contribution is 0.0725. The van der Waals surface area contributed by atoms with Gasteiger partial charge in [-0.1, -0.05) is 18.2 Å². The van der Waals surface area contributed by atoms with Crippen LogP contribution in [-0.2, 0) is 11.2 Å². The first-order valence-corrected chi connectivity index (χ1v) is 11.2. The van der Waals surface area contributed by atoms with Crippen molar-refractivity contribution in [3.05, 3.63) is 66.0 Å².